The lowest BCUT2D eigenvalue weighted by atomic mass is 10.0. The van der Waals surface area contributed by atoms with E-state index in [4.69, 9.17) is 4.74 Å². The summed E-state index contributed by atoms with van der Waals surface area (Å²) in [5.74, 6) is 0.178. The molecule has 0 fully saturated rings. The van der Waals surface area contributed by atoms with Crippen molar-refractivity contribution >= 4 is 5.91 Å². The number of benzene rings is 1. The minimum atomic E-state index is -0.852. The van der Waals surface area contributed by atoms with Crippen LogP contribution in [0.2, 0.25) is 0 Å². The van der Waals surface area contributed by atoms with Crippen LogP contribution in [0.25, 0.3) is 0 Å². The number of hydrogen-bond donors (Lipinski definition) is 2. The molecule has 4 nitrogen and oxygen atoms in total. The fraction of sp³-hybridized carbons (Fsp3) is 0.562. The molecule has 0 bridgehead atoms. The minimum Gasteiger partial charge on any atom is -0.494 e. The molecule has 0 aliphatic carbocycles. The zero-order valence-electron chi connectivity index (χ0n) is 12.7. The van der Waals surface area contributed by atoms with Crippen molar-refractivity contribution in [2.45, 2.75) is 45.1 Å². The van der Waals surface area contributed by atoms with Crippen LogP contribution in [0.15, 0.2) is 24.3 Å². The van der Waals surface area contributed by atoms with Crippen LogP contribution in [0, 0.1) is 5.82 Å². The zero-order chi connectivity index (χ0) is 15.7. The molecule has 0 saturated heterocycles. The Morgan fingerprint density at radius 1 is 1.38 bits per heavy atom. The number of carbonyl (C=O) groups excluding carboxylic acids is 1. The third-order valence-electron chi connectivity index (χ3n) is 3.09. The molecule has 0 aliphatic heterocycles. The second kappa shape index (κ2) is 8.62. The lowest BCUT2D eigenvalue weighted by Gasteiger charge is -2.22. The van der Waals surface area contributed by atoms with Crippen LogP contribution >= 0.6 is 0 Å². The molecular formula is C16H24FNO3. The van der Waals surface area contributed by atoms with Crippen molar-refractivity contribution in [1.29, 1.82) is 0 Å². The van der Waals surface area contributed by atoms with Gasteiger partial charge in [-0.3, -0.25) is 4.79 Å². The number of ether oxygens (including phenoxy) is 1. The second-order valence-corrected chi connectivity index (χ2v) is 5.43. The molecule has 0 radical (unpaired) electrons. The molecule has 0 spiro atoms. The molecule has 1 aromatic carbocycles. The SMILES string of the molecule is CCCC(C)(O)CNC(=O)CCCOc1ccc(F)cc1. The number of halogens is 1. The highest BCUT2D eigenvalue weighted by molar-refractivity contribution is 5.75. The van der Waals surface area contributed by atoms with Crippen LogP contribution in [0.5, 0.6) is 5.75 Å². The standard InChI is InChI=1S/C16H24FNO3/c1-3-10-16(2,20)12-18-15(19)5-4-11-21-14-8-6-13(17)7-9-14/h6-9,20H,3-5,10-12H2,1-2H3,(H,18,19). The number of carbonyl (C=O) groups is 1. The van der Waals surface area contributed by atoms with Crippen LogP contribution in [0.4, 0.5) is 4.39 Å². The Bertz CT molecular complexity index is 432. The Kier molecular flexibility index (Phi) is 7.15. The quantitative estimate of drug-likeness (QED) is 0.689. The normalized spacial score (nSPS) is 13.5. The first kappa shape index (κ1) is 17.4. The fourth-order valence-corrected chi connectivity index (χ4v) is 1.96. The van der Waals surface area contributed by atoms with Crippen LogP contribution in [0.3, 0.4) is 0 Å². The maximum Gasteiger partial charge on any atom is 0.220 e. The Balaban J connectivity index is 2.15. The van der Waals surface area contributed by atoms with E-state index in [1.165, 1.54) is 12.1 Å². The number of hydrogen-bond acceptors (Lipinski definition) is 3. The number of aliphatic hydroxyl groups is 1. The minimum absolute atomic E-state index is 0.103. The van der Waals surface area contributed by atoms with Gasteiger partial charge in [-0.05, 0) is 44.0 Å². The molecule has 1 aromatic rings. The molecular weight excluding hydrogens is 273 g/mol. The van der Waals surface area contributed by atoms with E-state index >= 15 is 0 Å². The summed E-state index contributed by atoms with van der Waals surface area (Å²) < 4.78 is 18.1. The Morgan fingerprint density at radius 3 is 2.67 bits per heavy atom. The van der Waals surface area contributed by atoms with Gasteiger partial charge >= 0.3 is 0 Å². The zero-order valence-corrected chi connectivity index (χ0v) is 12.7. The van der Waals surface area contributed by atoms with Crippen molar-refractivity contribution in [3.05, 3.63) is 30.1 Å². The molecule has 0 aliphatic rings. The van der Waals surface area contributed by atoms with Gasteiger partial charge in [0.1, 0.15) is 11.6 Å². The van der Waals surface area contributed by atoms with Gasteiger partial charge in [-0.2, -0.15) is 0 Å². The van der Waals surface area contributed by atoms with Crippen LogP contribution < -0.4 is 10.1 Å². The molecule has 0 saturated carbocycles. The smallest absolute Gasteiger partial charge is 0.220 e. The predicted octanol–water partition coefficient (Wildman–Crippen LogP) is 2.65. The third-order valence-corrected chi connectivity index (χ3v) is 3.09. The van der Waals surface area contributed by atoms with Crippen molar-refractivity contribution in [1.82, 2.24) is 5.32 Å². The Labute approximate surface area is 125 Å². The number of amides is 1. The van der Waals surface area contributed by atoms with Crippen molar-refractivity contribution in [3.63, 3.8) is 0 Å². The van der Waals surface area contributed by atoms with E-state index in [-0.39, 0.29) is 18.3 Å². The van der Waals surface area contributed by atoms with E-state index in [2.05, 4.69) is 5.32 Å². The first-order valence-corrected chi connectivity index (χ1v) is 7.30. The molecule has 21 heavy (non-hydrogen) atoms. The highest BCUT2D eigenvalue weighted by Crippen LogP contribution is 2.12. The Hall–Kier alpha value is -1.62. The lowest BCUT2D eigenvalue weighted by molar-refractivity contribution is -0.122. The summed E-state index contributed by atoms with van der Waals surface area (Å²) in [6, 6.07) is 5.77. The molecule has 2 N–H and O–H groups in total. The highest BCUT2D eigenvalue weighted by atomic mass is 19.1. The van der Waals surface area contributed by atoms with Crippen molar-refractivity contribution in [2.75, 3.05) is 13.2 Å². The summed E-state index contributed by atoms with van der Waals surface area (Å²) >= 11 is 0. The van der Waals surface area contributed by atoms with Gasteiger partial charge < -0.3 is 15.2 Å². The average molecular weight is 297 g/mol. The van der Waals surface area contributed by atoms with Crippen molar-refractivity contribution < 1.29 is 19.0 Å². The first-order chi connectivity index (χ1) is 9.93. The summed E-state index contributed by atoms with van der Waals surface area (Å²) in [4.78, 5) is 11.6. The number of nitrogens with one attached hydrogen (secondary N) is 1. The highest BCUT2D eigenvalue weighted by Gasteiger charge is 2.19. The monoisotopic (exact) mass is 297 g/mol. The van der Waals surface area contributed by atoms with Crippen LogP contribution in [-0.4, -0.2) is 29.8 Å². The van der Waals surface area contributed by atoms with Gasteiger partial charge in [0.15, 0.2) is 0 Å². The Morgan fingerprint density at radius 2 is 2.05 bits per heavy atom. The molecule has 5 heteroatoms. The summed E-state index contributed by atoms with van der Waals surface area (Å²) in [6.45, 7) is 4.36. The van der Waals surface area contributed by atoms with E-state index in [1.54, 1.807) is 19.1 Å². The van der Waals surface area contributed by atoms with Crippen LogP contribution in [-0.2, 0) is 4.79 Å². The van der Waals surface area contributed by atoms with Gasteiger partial charge in [0.05, 0.1) is 12.2 Å². The van der Waals surface area contributed by atoms with Gasteiger partial charge in [0.2, 0.25) is 5.91 Å². The van der Waals surface area contributed by atoms with E-state index in [1.807, 2.05) is 6.92 Å². The van der Waals surface area contributed by atoms with Gasteiger partial charge in [0, 0.05) is 13.0 Å². The van der Waals surface area contributed by atoms with Crippen molar-refractivity contribution in [2.24, 2.45) is 0 Å². The predicted molar refractivity (Wildman–Crippen MR) is 79.7 cm³/mol. The molecule has 1 atom stereocenters. The molecule has 0 heterocycles. The van der Waals surface area contributed by atoms with Crippen molar-refractivity contribution in [3.8, 4) is 5.75 Å². The summed E-state index contributed by atoms with van der Waals surface area (Å²) in [7, 11) is 0. The maximum absolute atomic E-state index is 12.7. The molecule has 0 aromatic heterocycles. The van der Waals surface area contributed by atoms with Crippen LogP contribution in [0.1, 0.15) is 39.5 Å². The number of rotatable bonds is 9. The van der Waals surface area contributed by atoms with E-state index in [0.29, 0.717) is 31.6 Å². The molecule has 1 unspecified atom stereocenters. The van der Waals surface area contributed by atoms with E-state index < -0.39 is 5.60 Å². The van der Waals surface area contributed by atoms with Gasteiger partial charge in [-0.1, -0.05) is 13.3 Å². The van der Waals surface area contributed by atoms with E-state index in [9.17, 15) is 14.3 Å². The van der Waals surface area contributed by atoms with E-state index in [0.717, 1.165) is 6.42 Å². The summed E-state index contributed by atoms with van der Waals surface area (Å²) in [5.41, 5.74) is -0.852. The average Bonchev–Trinajstić information content (AvgIpc) is 2.43. The summed E-state index contributed by atoms with van der Waals surface area (Å²) in [5, 5.41) is 12.7. The summed E-state index contributed by atoms with van der Waals surface area (Å²) in [6.07, 6.45) is 2.43. The third kappa shape index (κ3) is 7.66. The lowest BCUT2D eigenvalue weighted by Crippen LogP contribution is -2.40. The van der Waals surface area contributed by atoms with Gasteiger partial charge in [-0.25, -0.2) is 4.39 Å². The maximum atomic E-state index is 12.7. The van der Waals surface area contributed by atoms with Gasteiger partial charge in [-0.15, -0.1) is 0 Å². The topological polar surface area (TPSA) is 58.6 Å². The molecule has 118 valence electrons. The van der Waals surface area contributed by atoms with Gasteiger partial charge in [0.25, 0.3) is 0 Å². The molecule has 1 amide bonds. The fourth-order valence-electron chi connectivity index (χ4n) is 1.96. The second-order valence-electron chi connectivity index (χ2n) is 5.43. The largest absolute Gasteiger partial charge is 0.494 e. The first-order valence-electron chi connectivity index (χ1n) is 7.30. The molecule has 1 rings (SSSR count).